The van der Waals surface area contributed by atoms with Crippen LogP contribution in [0.25, 0.3) is 0 Å². The maximum absolute atomic E-state index is 12.5. The smallest absolute Gasteiger partial charge is 0.244 e. The van der Waals surface area contributed by atoms with E-state index in [0.29, 0.717) is 10.6 Å². The van der Waals surface area contributed by atoms with Gasteiger partial charge in [0.15, 0.2) is 9.84 Å². The van der Waals surface area contributed by atoms with E-state index in [1.807, 2.05) is 0 Å². The zero-order valence-corrected chi connectivity index (χ0v) is 15.4. The number of sulfonamides is 1. The molecule has 6 nitrogen and oxygen atoms in total. The lowest BCUT2D eigenvalue weighted by atomic mass is 10.2. The number of rotatable bonds is 6. The second-order valence-electron chi connectivity index (χ2n) is 5.04. The van der Waals surface area contributed by atoms with Crippen molar-refractivity contribution < 1.29 is 21.6 Å². The van der Waals surface area contributed by atoms with Crippen molar-refractivity contribution >= 4 is 31.5 Å². The lowest BCUT2D eigenvalue weighted by Crippen LogP contribution is -2.24. The molecule has 1 N–H and O–H groups in total. The molecule has 0 atom stereocenters. The van der Waals surface area contributed by atoms with E-state index < -0.39 is 19.9 Å². The Morgan fingerprint density at radius 1 is 1.04 bits per heavy atom. The maximum Gasteiger partial charge on any atom is 0.244 e. The highest BCUT2D eigenvalue weighted by Crippen LogP contribution is 2.27. The van der Waals surface area contributed by atoms with Crippen molar-refractivity contribution in [3.63, 3.8) is 0 Å². The molecule has 2 aromatic rings. The Bertz CT molecular complexity index is 938. The maximum atomic E-state index is 12.5. The van der Waals surface area contributed by atoms with E-state index >= 15 is 0 Å². The Kier molecular flexibility index (Phi) is 5.54. The predicted octanol–water partition coefficient (Wildman–Crippen LogP) is 2.23. The first-order valence-corrected chi connectivity index (χ1v) is 10.5. The molecule has 0 unspecified atom stereocenters. The van der Waals surface area contributed by atoms with E-state index in [1.54, 1.807) is 24.3 Å². The lowest BCUT2D eigenvalue weighted by molar-refractivity contribution is 0.401. The molecule has 0 fully saturated rings. The molecule has 2 rings (SSSR count). The predicted molar refractivity (Wildman–Crippen MR) is 91.6 cm³/mol. The summed E-state index contributed by atoms with van der Waals surface area (Å²) in [6.45, 7) is 0.0335. The quantitative estimate of drug-likeness (QED) is 0.818. The van der Waals surface area contributed by atoms with E-state index in [9.17, 15) is 16.8 Å². The number of halogens is 1. The summed E-state index contributed by atoms with van der Waals surface area (Å²) >= 11 is 5.79. The van der Waals surface area contributed by atoms with Crippen molar-refractivity contribution in [2.45, 2.75) is 16.3 Å². The van der Waals surface area contributed by atoms with Gasteiger partial charge in [-0.3, -0.25) is 0 Å². The number of ether oxygens (including phenoxy) is 1. The van der Waals surface area contributed by atoms with Crippen LogP contribution in [0.5, 0.6) is 5.75 Å². The molecular formula is C15H16ClNO5S2. The largest absolute Gasteiger partial charge is 0.495 e. The van der Waals surface area contributed by atoms with Crippen LogP contribution in [-0.4, -0.2) is 30.2 Å². The first-order valence-electron chi connectivity index (χ1n) is 6.76. The van der Waals surface area contributed by atoms with Crippen molar-refractivity contribution in [2.75, 3.05) is 13.4 Å². The fourth-order valence-corrected chi connectivity index (χ4v) is 4.01. The summed E-state index contributed by atoms with van der Waals surface area (Å²) in [6.07, 6.45) is 1.01. The van der Waals surface area contributed by atoms with E-state index in [2.05, 4.69) is 4.72 Å². The van der Waals surface area contributed by atoms with Gasteiger partial charge in [-0.1, -0.05) is 23.7 Å². The van der Waals surface area contributed by atoms with Gasteiger partial charge in [0.1, 0.15) is 10.6 Å². The topological polar surface area (TPSA) is 89.5 Å². The van der Waals surface area contributed by atoms with Crippen LogP contribution in [0.4, 0.5) is 0 Å². The molecule has 0 bridgehead atoms. The summed E-state index contributed by atoms with van der Waals surface area (Å²) in [5, 5.41) is 0.545. The van der Waals surface area contributed by atoms with E-state index in [1.165, 1.54) is 19.2 Å². The Morgan fingerprint density at radius 2 is 1.67 bits per heavy atom. The van der Waals surface area contributed by atoms with Gasteiger partial charge in [-0.05, 0) is 35.9 Å². The van der Waals surface area contributed by atoms with Gasteiger partial charge in [-0.25, -0.2) is 21.6 Å². The summed E-state index contributed by atoms with van der Waals surface area (Å²) in [4.78, 5) is -0.336. The second-order valence-corrected chi connectivity index (χ2v) is 9.22. The Hall–Kier alpha value is -1.61. The normalized spacial score (nSPS) is 12.1. The number of benzene rings is 2. The minimum Gasteiger partial charge on any atom is -0.495 e. The first-order chi connectivity index (χ1) is 11.1. The van der Waals surface area contributed by atoms with Crippen molar-refractivity contribution in [2.24, 2.45) is 0 Å². The number of methoxy groups -OCH3 is 1. The molecule has 2 aromatic carbocycles. The summed E-state index contributed by atoms with van der Waals surface area (Å²) in [7, 11) is -6.20. The molecule has 0 aromatic heterocycles. The zero-order valence-electron chi connectivity index (χ0n) is 13.0. The molecule has 9 heteroatoms. The Morgan fingerprint density at radius 3 is 2.21 bits per heavy atom. The molecule has 0 amide bonds. The average Bonchev–Trinajstić information content (AvgIpc) is 2.53. The van der Waals surface area contributed by atoms with E-state index in [-0.39, 0.29) is 22.1 Å². The molecule has 0 aliphatic carbocycles. The molecule has 0 spiro atoms. The van der Waals surface area contributed by atoms with Crippen molar-refractivity contribution in [3.05, 3.63) is 53.1 Å². The van der Waals surface area contributed by atoms with Crippen molar-refractivity contribution in [1.82, 2.24) is 4.72 Å². The highest BCUT2D eigenvalue weighted by atomic mass is 35.5. The standard InChI is InChI=1S/C15H16ClNO5S2/c1-22-14-8-7-13(23(2,18)19)9-15(14)24(20,21)17-10-11-3-5-12(16)6-4-11/h3-9,17H,10H2,1-2H3. The van der Waals surface area contributed by atoms with Gasteiger partial charge in [0.2, 0.25) is 10.0 Å². The summed E-state index contributed by atoms with van der Waals surface area (Å²) in [5.41, 5.74) is 0.709. The van der Waals surface area contributed by atoms with Gasteiger partial charge in [0, 0.05) is 17.8 Å². The molecule has 0 radical (unpaired) electrons. The van der Waals surface area contributed by atoms with Gasteiger partial charge < -0.3 is 4.74 Å². The number of hydrogen-bond acceptors (Lipinski definition) is 5. The third-order valence-corrected chi connectivity index (χ3v) is 6.02. The van der Waals surface area contributed by atoms with Crippen molar-refractivity contribution in [1.29, 1.82) is 0 Å². The van der Waals surface area contributed by atoms with Crippen LogP contribution in [0.15, 0.2) is 52.3 Å². The van der Waals surface area contributed by atoms with Crippen LogP contribution in [0, 0.1) is 0 Å². The van der Waals surface area contributed by atoms with Gasteiger partial charge in [-0.15, -0.1) is 0 Å². The summed E-state index contributed by atoms with van der Waals surface area (Å²) < 4.78 is 55.8. The third-order valence-electron chi connectivity index (χ3n) is 3.23. The average molecular weight is 390 g/mol. The van der Waals surface area contributed by atoms with Crippen LogP contribution in [0.2, 0.25) is 5.02 Å². The first kappa shape index (κ1) is 18.7. The monoisotopic (exact) mass is 389 g/mol. The molecule has 24 heavy (non-hydrogen) atoms. The minimum atomic E-state index is -3.97. The van der Waals surface area contributed by atoms with Crippen LogP contribution >= 0.6 is 11.6 Å². The van der Waals surface area contributed by atoms with Crippen LogP contribution < -0.4 is 9.46 Å². The molecule has 0 saturated carbocycles. The fraction of sp³-hybridized carbons (Fsp3) is 0.200. The minimum absolute atomic E-state index is 0.0335. The molecule has 0 aliphatic heterocycles. The number of hydrogen-bond donors (Lipinski definition) is 1. The Balaban J connectivity index is 2.35. The molecular weight excluding hydrogens is 374 g/mol. The lowest BCUT2D eigenvalue weighted by Gasteiger charge is -2.12. The van der Waals surface area contributed by atoms with Crippen LogP contribution in [0.3, 0.4) is 0 Å². The summed E-state index contributed by atoms with van der Waals surface area (Å²) in [6, 6.07) is 10.4. The van der Waals surface area contributed by atoms with Crippen molar-refractivity contribution in [3.8, 4) is 5.75 Å². The Labute approximate surface area is 146 Å². The highest BCUT2D eigenvalue weighted by molar-refractivity contribution is 7.91. The van der Waals surface area contributed by atoms with Crippen LogP contribution in [0.1, 0.15) is 5.56 Å². The number of sulfone groups is 1. The van der Waals surface area contributed by atoms with Gasteiger partial charge in [-0.2, -0.15) is 0 Å². The van der Waals surface area contributed by atoms with E-state index in [0.717, 1.165) is 12.3 Å². The summed E-state index contributed by atoms with van der Waals surface area (Å²) in [5.74, 6) is 0.0611. The molecule has 0 saturated heterocycles. The molecule has 0 aliphatic rings. The van der Waals surface area contributed by atoms with Crippen LogP contribution in [-0.2, 0) is 26.4 Å². The molecule has 0 heterocycles. The van der Waals surface area contributed by atoms with E-state index in [4.69, 9.17) is 16.3 Å². The second kappa shape index (κ2) is 7.10. The third kappa shape index (κ3) is 4.47. The van der Waals surface area contributed by atoms with Gasteiger partial charge in [0.05, 0.1) is 12.0 Å². The highest BCUT2D eigenvalue weighted by Gasteiger charge is 2.22. The SMILES string of the molecule is COc1ccc(S(C)(=O)=O)cc1S(=O)(=O)NCc1ccc(Cl)cc1. The van der Waals surface area contributed by atoms with Gasteiger partial charge in [0.25, 0.3) is 0 Å². The fourth-order valence-electron chi connectivity index (χ4n) is 1.96. The zero-order chi connectivity index (χ0) is 18.0. The number of nitrogens with one attached hydrogen (secondary N) is 1. The molecule has 130 valence electrons. The van der Waals surface area contributed by atoms with Gasteiger partial charge >= 0.3 is 0 Å².